The number of halogens is 4. The van der Waals surface area contributed by atoms with E-state index in [1.54, 1.807) is 6.92 Å². The summed E-state index contributed by atoms with van der Waals surface area (Å²) in [5.41, 5.74) is 0.371. The molecule has 0 fully saturated rings. The van der Waals surface area contributed by atoms with Crippen LogP contribution in [0.3, 0.4) is 0 Å². The molecule has 0 atom stereocenters. The molecule has 0 aliphatic heterocycles. The number of ether oxygens (including phenoxy) is 2. The molecule has 100 valence electrons. The highest BCUT2D eigenvalue weighted by atomic mass is 79.9. The zero-order chi connectivity index (χ0) is 13.8. The molecule has 0 aliphatic carbocycles. The van der Waals surface area contributed by atoms with E-state index >= 15 is 0 Å². The molecular weight excluding hydrogens is 317 g/mol. The van der Waals surface area contributed by atoms with Crippen LogP contribution in [0, 0.1) is 0 Å². The van der Waals surface area contributed by atoms with Gasteiger partial charge in [0.05, 0.1) is 13.0 Å². The number of carbonyl (C=O) groups excluding carboxylic acids is 1. The molecule has 0 heterocycles. The van der Waals surface area contributed by atoms with Crippen molar-refractivity contribution in [3.05, 3.63) is 28.2 Å². The highest BCUT2D eigenvalue weighted by Gasteiger charge is 2.31. The Balaban J connectivity index is 2.84. The van der Waals surface area contributed by atoms with Gasteiger partial charge in [-0.1, -0.05) is 15.9 Å². The minimum Gasteiger partial charge on any atom is -0.466 e. The fourth-order valence-electron chi connectivity index (χ4n) is 1.25. The van der Waals surface area contributed by atoms with Crippen LogP contribution in [-0.2, 0) is 16.0 Å². The van der Waals surface area contributed by atoms with E-state index in [1.807, 2.05) is 0 Å². The van der Waals surface area contributed by atoms with Crippen LogP contribution >= 0.6 is 15.9 Å². The van der Waals surface area contributed by atoms with E-state index in [0.29, 0.717) is 10.0 Å². The zero-order valence-electron chi connectivity index (χ0n) is 9.38. The Kier molecular flexibility index (Phi) is 5.01. The van der Waals surface area contributed by atoms with Crippen LogP contribution < -0.4 is 4.74 Å². The second-order valence-corrected chi connectivity index (χ2v) is 4.14. The van der Waals surface area contributed by atoms with E-state index in [9.17, 15) is 18.0 Å². The Morgan fingerprint density at radius 2 is 2.06 bits per heavy atom. The Morgan fingerprint density at radius 3 is 2.61 bits per heavy atom. The Bertz CT molecular complexity index is 432. The predicted molar refractivity (Wildman–Crippen MR) is 61.2 cm³/mol. The summed E-state index contributed by atoms with van der Waals surface area (Å²) in [4.78, 5) is 11.3. The first kappa shape index (κ1) is 14.8. The van der Waals surface area contributed by atoms with Gasteiger partial charge in [-0.15, -0.1) is 13.2 Å². The molecule has 0 bridgehead atoms. The Labute approximate surface area is 110 Å². The summed E-state index contributed by atoms with van der Waals surface area (Å²) in [5.74, 6) is -0.882. The van der Waals surface area contributed by atoms with Crippen molar-refractivity contribution in [2.75, 3.05) is 6.61 Å². The van der Waals surface area contributed by atoms with Crippen molar-refractivity contribution in [3.63, 3.8) is 0 Å². The van der Waals surface area contributed by atoms with Gasteiger partial charge >= 0.3 is 12.3 Å². The lowest BCUT2D eigenvalue weighted by molar-refractivity contribution is -0.274. The topological polar surface area (TPSA) is 35.5 Å². The Hall–Kier alpha value is -1.24. The van der Waals surface area contributed by atoms with Crippen molar-refractivity contribution >= 4 is 21.9 Å². The summed E-state index contributed by atoms with van der Waals surface area (Å²) in [6.07, 6.45) is -4.88. The van der Waals surface area contributed by atoms with Gasteiger partial charge in [-0.3, -0.25) is 4.79 Å². The fraction of sp³-hybridized carbons (Fsp3) is 0.364. The average Bonchev–Trinajstić information content (AvgIpc) is 2.21. The summed E-state index contributed by atoms with van der Waals surface area (Å²) in [6.45, 7) is 1.87. The van der Waals surface area contributed by atoms with Gasteiger partial charge in [0.25, 0.3) is 0 Å². The molecule has 1 aromatic rings. The lowest BCUT2D eigenvalue weighted by atomic mass is 10.1. The standard InChI is InChI=1S/C11H10BrF3O3/c1-2-17-10(16)6-7-5-8(3-4-9(7)12)18-11(13,14)15/h3-5H,2,6H2,1H3. The third-order valence-corrected chi connectivity index (χ3v) is 2.66. The van der Waals surface area contributed by atoms with Crippen LogP contribution in [0.1, 0.15) is 12.5 Å². The maximum absolute atomic E-state index is 12.0. The van der Waals surface area contributed by atoms with Gasteiger partial charge in [-0.2, -0.15) is 0 Å². The molecule has 0 N–H and O–H groups in total. The molecule has 0 spiro atoms. The fourth-order valence-corrected chi connectivity index (χ4v) is 1.64. The first-order valence-corrected chi connectivity index (χ1v) is 5.81. The van der Waals surface area contributed by atoms with Gasteiger partial charge in [0, 0.05) is 4.47 Å². The van der Waals surface area contributed by atoms with Crippen molar-refractivity contribution < 1.29 is 27.4 Å². The normalized spacial score (nSPS) is 11.2. The van der Waals surface area contributed by atoms with Crippen LogP contribution in [0.4, 0.5) is 13.2 Å². The minimum atomic E-state index is -4.75. The lowest BCUT2D eigenvalue weighted by Crippen LogP contribution is -2.17. The van der Waals surface area contributed by atoms with E-state index in [2.05, 4.69) is 20.7 Å². The molecule has 0 aromatic heterocycles. The van der Waals surface area contributed by atoms with Crippen molar-refractivity contribution in [1.29, 1.82) is 0 Å². The number of benzene rings is 1. The second kappa shape index (κ2) is 6.08. The summed E-state index contributed by atoms with van der Waals surface area (Å²) in [6, 6.07) is 3.69. The zero-order valence-corrected chi connectivity index (χ0v) is 11.0. The molecule has 0 aliphatic rings. The molecule has 1 aromatic carbocycles. The van der Waals surface area contributed by atoms with E-state index < -0.39 is 12.3 Å². The van der Waals surface area contributed by atoms with E-state index in [1.165, 1.54) is 6.07 Å². The first-order chi connectivity index (χ1) is 8.31. The molecule has 1 rings (SSSR count). The molecule has 0 saturated heterocycles. The van der Waals surface area contributed by atoms with Gasteiger partial charge in [0.1, 0.15) is 5.75 Å². The highest BCUT2D eigenvalue weighted by Crippen LogP contribution is 2.27. The van der Waals surface area contributed by atoms with E-state index in [0.717, 1.165) is 12.1 Å². The van der Waals surface area contributed by atoms with Gasteiger partial charge in [-0.25, -0.2) is 0 Å². The summed E-state index contributed by atoms with van der Waals surface area (Å²) in [7, 11) is 0. The molecule has 0 radical (unpaired) electrons. The van der Waals surface area contributed by atoms with Crippen LogP contribution in [0.5, 0.6) is 5.75 Å². The second-order valence-electron chi connectivity index (χ2n) is 3.28. The predicted octanol–water partition coefficient (Wildman–Crippen LogP) is 3.45. The molecule has 18 heavy (non-hydrogen) atoms. The van der Waals surface area contributed by atoms with Crippen molar-refractivity contribution in [2.45, 2.75) is 19.7 Å². The van der Waals surface area contributed by atoms with Gasteiger partial charge < -0.3 is 9.47 Å². The number of carbonyl (C=O) groups is 1. The smallest absolute Gasteiger partial charge is 0.466 e. The number of esters is 1. The minimum absolute atomic E-state index is 0.122. The van der Waals surface area contributed by atoms with Crippen LogP contribution in [0.2, 0.25) is 0 Å². The third-order valence-electron chi connectivity index (χ3n) is 1.89. The molecule has 7 heteroatoms. The van der Waals surface area contributed by atoms with Gasteiger partial charge in [0.15, 0.2) is 0 Å². The van der Waals surface area contributed by atoms with Gasteiger partial charge in [-0.05, 0) is 30.7 Å². The van der Waals surface area contributed by atoms with Crippen LogP contribution in [-0.4, -0.2) is 18.9 Å². The van der Waals surface area contributed by atoms with Crippen molar-refractivity contribution in [2.24, 2.45) is 0 Å². The summed E-state index contributed by atoms with van der Waals surface area (Å²) < 4.78 is 45.1. The quantitative estimate of drug-likeness (QED) is 0.795. The summed E-state index contributed by atoms with van der Waals surface area (Å²) >= 11 is 3.15. The number of hydrogen-bond acceptors (Lipinski definition) is 3. The maximum Gasteiger partial charge on any atom is 0.573 e. The van der Waals surface area contributed by atoms with Gasteiger partial charge in [0.2, 0.25) is 0 Å². The number of hydrogen-bond donors (Lipinski definition) is 0. The highest BCUT2D eigenvalue weighted by molar-refractivity contribution is 9.10. The maximum atomic E-state index is 12.0. The van der Waals surface area contributed by atoms with Crippen molar-refractivity contribution in [1.82, 2.24) is 0 Å². The molecule has 0 unspecified atom stereocenters. The average molecular weight is 327 g/mol. The van der Waals surface area contributed by atoms with E-state index in [-0.39, 0.29) is 18.8 Å². The largest absolute Gasteiger partial charge is 0.573 e. The Morgan fingerprint density at radius 1 is 1.39 bits per heavy atom. The van der Waals surface area contributed by atoms with E-state index in [4.69, 9.17) is 4.74 Å². The number of rotatable bonds is 4. The molecule has 0 saturated carbocycles. The first-order valence-electron chi connectivity index (χ1n) is 5.01. The molecular formula is C11H10BrF3O3. The van der Waals surface area contributed by atoms with Crippen LogP contribution in [0.25, 0.3) is 0 Å². The monoisotopic (exact) mass is 326 g/mol. The number of alkyl halides is 3. The third kappa shape index (κ3) is 4.95. The van der Waals surface area contributed by atoms with Crippen LogP contribution in [0.15, 0.2) is 22.7 Å². The summed E-state index contributed by atoms with van der Waals surface area (Å²) in [5, 5.41) is 0. The van der Waals surface area contributed by atoms with Crippen molar-refractivity contribution in [3.8, 4) is 5.75 Å². The molecule has 0 amide bonds. The SMILES string of the molecule is CCOC(=O)Cc1cc(OC(F)(F)F)ccc1Br. The molecule has 3 nitrogen and oxygen atoms in total. The lowest BCUT2D eigenvalue weighted by Gasteiger charge is -2.11.